The van der Waals surface area contributed by atoms with E-state index in [1.165, 1.54) is 19.3 Å². The van der Waals surface area contributed by atoms with E-state index in [-0.39, 0.29) is 0 Å². The van der Waals surface area contributed by atoms with Gasteiger partial charge in [-0.05, 0) is 19.4 Å². The predicted octanol–water partition coefficient (Wildman–Crippen LogP) is 0.856. The van der Waals surface area contributed by atoms with Crippen molar-refractivity contribution in [3.05, 3.63) is 0 Å². The van der Waals surface area contributed by atoms with E-state index >= 15 is 0 Å². The molecule has 0 spiro atoms. The number of hydrogen-bond acceptors (Lipinski definition) is 3. The first-order valence-corrected chi connectivity index (χ1v) is 6.77. The number of nitrogens with one attached hydrogen (secondary N) is 1. The highest BCUT2D eigenvalue weighted by atomic mass is 32.2. The third kappa shape index (κ3) is 4.07. The van der Waals surface area contributed by atoms with Crippen LogP contribution in [-0.2, 0) is 9.73 Å². The Labute approximate surface area is 75.1 Å². The SMILES string of the molecule is CS(C)(=O)=NC[C@@H]1CCCCN1. The first-order valence-electron chi connectivity index (χ1n) is 4.44. The maximum atomic E-state index is 11.2. The molecule has 0 bridgehead atoms. The molecule has 72 valence electrons. The fraction of sp³-hybridized carbons (Fsp3) is 1.00. The monoisotopic (exact) mass is 190 g/mol. The van der Waals surface area contributed by atoms with Crippen molar-refractivity contribution < 1.29 is 4.21 Å². The van der Waals surface area contributed by atoms with Crippen LogP contribution in [0.4, 0.5) is 0 Å². The second kappa shape index (κ2) is 4.23. The van der Waals surface area contributed by atoms with Gasteiger partial charge in [0.1, 0.15) is 0 Å². The number of hydrogen-bond donors (Lipinski definition) is 1. The molecule has 0 aromatic rings. The molecule has 1 atom stereocenters. The number of nitrogens with zero attached hydrogens (tertiary/aromatic N) is 1. The van der Waals surface area contributed by atoms with E-state index in [9.17, 15) is 4.21 Å². The van der Waals surface area contributed by atoms with Crippen LogP contribution in [0.25, 0.3) is 0 Å². The molecule has 0 unspecified atom stereocenters. The van der Waals surface area contributed by atoms with Crippen molar-refractivity contribution in [2.24, 2.45) is 4.36 Å². The van der Waals surface area contributed by atoms with Crippen molar-refractivity contribution >= 4 is 9.73 Å². The minimum absolute atomic E-state index is 0.472. The molecule has 3 nitrogen and oxygen atoms in total. The maximum absolute atomic E-state index is 11.2. The first-order chi connectivity index (χ1) is 5.58. The van der Waals surface area contributed by atoms with Crippen molar-refractivity contribution in [2.75, 3.05) is 25.6 Å². The topological polar surface area (TPSA) is 41.5 Å². The molecule has 0 aliphatic carbocycles. The van der Waals surface area contributed by atoms with Crippen LogP contribution < -0.4 is 5.32 Å². The van der Waals surface area contributed by atoms with Gasteiger partial charge in [0.2, 0.25) is 0 Å². The predicted molar refractivity (Wildman–Crippen MR) is 52.9 cm³/mol. The Kier molecular flexibility index (Phi) is 3.53. The Morgan fingerprint density at radius 3 is 2.75 bits per heavy atom. The molecule has 1 rings (SSSR count). The van der Waals surface area contributed by atoms with Gasteiger partial charge in [-0.3, -0.25) is 4.21 Å². The molecule has 0 aromatic heterocycles. The normalized spacial score (nSPS) is 25.3. The Morgan fingerprint density at radius 2 is 2.25 bits per heavy atom. The highest BCUT2D eigenvalue weighted by Crippen LogP contribution is 2.07. The van der Waals surface area contributed by atoms with E-state index in [1.807, 2.05) is 0 Å². The molecule has 0 radical (unpaired) electrons. The summed E-state index contributed by atoms with van der Waals surface area (Å²) in [6, 6.07) is 0.472. The average molecular weight is 190 g/mol. The van der Waals surface area contributed by atoms with E-state index in [4.69, 9.17) is 0 Å². The minimum atomic E-state index is -1.89. The molecule has 0 aromatic carbocycles. The molecule has 1 heterocycles. The quantitative estimate of drug-likeness (QED) is 0.701. The smallest absolute Gasteiger partial charge is 0.0637 e. The second-order valence-corrected chi connectivity index (χ2v) is 6.26. The molecule has 4 heteroatoms. The van der Waals surface area contributed by atoms with Gasteiger partial charge >= 0.3 is 0 Å². The Bertz CT molecular complexity index is 229. The van der Waals surface area contributed by atoms with Crippen molar-refractivity contribution in [1.29, 1.82) is 0 Å². The molecule has 1 aliphatic heterocycles. The largest absolute Gasteiger partial charge is 0.312 e. The van der Waals surface area contributed by atoms with Crippen LogP contribution in [0.3, 0.4) is 0 Å². The molecular weight excluding hydrogens is 172 g/mol. The summed E-state index contributed by atoms with van der Waals surface area (Å²) in [4.78, 5) is 0. The number of rotatable bonds is 2. The molecule has 1 aliphatic rings. The van der Waals surface area contributed by atoms with Crippen molar-refractivity contribution in [2.45, 2.75) is 25.3 Å². The van der Waals surface area contributed by atoms with Gasteiger partial charge in [-0.1, -0.05) is 6.42 Å². The van der Waals surface area contributed by atoms with E-state index in [0.717, 1.165) is 6.54 Å². The van der Waals surface area contributed by atoms with Gasteiger partial charge in [0.05, 0.1) is 6.54 Å². The third-order valence-corrected chi connectivity index (χ3v) is 2.79. The minimum Gasteiger partial charge on any atom is -0.312 e. The summed E-state index contributed by atoms with van der Waals surface area (Å²) in [6.07, 6.45) is 7.11. The zero-order valence-corrected chi connectivity index (χ0v) is 8.69. The molecule has 1 saturated heterocycles. The zero-order valence-electron chi connectivity index (χ0n) is 7.88. The summed E-state index contributed by atoms with van der Waals surface area (Å²) < 4.78 is 15.4. The van der Waals surface area contributed by atoms with Crippen LogP contribution in [0.1, 0.15) is 19.3 Å². The van der Waals surface area contributed by atoms with Gasteiger partial charge in [0.15, 0.2) is 0 Å². The van der Waals surface area contributed by atoms with Gasteiger partial charge in [-0.25, -0.2) is 4.36 Å². The van der Waals surface area contributed by atoms with Crippen LogP contribution in [0.5, 0.6) is 0 Å². The standard InChI is InChI=1S/C8H18N2OS/c1-12(2,11)10-7-8-5-3-4-6-9-8/h8-9H,3-7H2,1-2H3/t8-/m0/s1. The second-order valence-electron chi connectivity index (χ2n) is 3.64. The van der Waals surface area contributed by atoms with Gasteiger partial charge in [0.25, 0.3) is 0 Å². The van der Waals surface area contributed by atoms with E-state index in [0.29, 0.717) is 12.6 Å². The lowest BCUT2D eigenvalue weighted by Gasteiger charge is -2.21. The fourth-order valence-corrected chi connectivity index (χ4v) is 1.89. The fourth-order valence-electron chi connectivity index (χ4n) is 1.35. The lowest BCUT2D eigenvalue weighted by Crippen LogP contribution is -2.36. The number of piperidine rings is 1. The van der Waals surface area contributed by atoms with Crippen molar-refractivity contribution in [3.63, 3.8) is 0 Å². The van der Waals surface area contributed by atoms with Gasteiger partial charge in [-0.15, -0.1) is 0 Å². The summed E-state index contributed by atoms with van der Waals surface area (Å²) in [5, 5.41) is 3.37. The van der Waals surface area contributed by atoms with Crippen LogP contribution >= 0.6 is 0 Å². The van der Waals surface area contributed by atoms with E-state index < -0.39 is 9.73 Å². The first kappa shape index (κ1) is 9.99. The van der Waals surface area contributed by atoms with Crippen molar-refractivity contribution in [1.82, 2.24) is 5.32 Å². The van der Waals surface area contributed by atoms with Crippen LogP contribution in [0.15, 0.2) is 4.36 Å². The van der Waals surface area contributed by atoms with E-state index in [2.05, 4.69) is 9.68 Å². The van der Waals surface area contributed by atoms with Gasteiger partial charge in [0, 0.05) is 28.3 Å². The average Bonchev–Trinajstić information content (AvgIpc) is 2.02. The van der Waals surface area contributed by atoms with Crippen LogP contribution in [0, 0.1) is 0 Å². The van der Waals surface area contributed by atoms with Crippen LogP contribution in [0.2, 0.25) is 0 Å². The van der Waals surface area contributed by atoms with Gasteiger partial charge in [-0.2, -0.15) is 0 Å². The maximum Gasteiger partial charge on any atom is 0.0637 e. The van der Waals surface area contributed by atoms with Crippen molar-refractivity contribution in [3.8, 4) is 0 Å². The highest BCUT2D eigenvalue weighted by molar-refractivity contribution is 7.92. The van der Waals surface area contributed by atoms with E-state index in [1.54, 1.807) is 12.5 Å². The molecule has 12 heavy (non-hydrogen) atoms. The Morgan fingerprint density at radius 1 is 1.50 bits per heavy atom. The molecular formula is C8H18N2OS. The highest BCUT2D eigenvalue weighted by Gasteiger charge is 2.11. The molecule has 1 fully saturated rings. The zero-order chi connectivity index (χ0) is 9.03. The summed E-state index contributed by atoms with van der Waals surface area (Å²) in [7, 11) is -1.89. The lowest BCUT2D eigenvalue weighted by molar-refractivity contribution is 0.409. The summed E-state index contributed by atoms with van der Waals surface area (Å²) in [5.41, 5.74) is 0. The van der Waals surface area contributed by atoms with Crippen LogP contribution in [-0.4, -0.2) is 35.9 Å². The Hall–Kier alpha value is -0.0900. The summed E-state index contributed by atoms with van der Waals surface area (Å²) in [6.45, 7) is 1.81. The molecule has 0 amide bonds. The molecule has 1 N–H and O–H groups in total. The van der Waals surface area contributed by atoms with Gasteiger partial charge < -0.3 is 5.32 Å². The molecule has 0 saturated carbocycles. The third-order valence-electron chi connectivity index (χ3n) is 2.02. The summed E-state index contributed by atoms with van der Waals surface area (Å²) >= 11 is 0. The lowest BCUT2D eigenvalue weighted by atomic mass is 10.1. The summed E-state index contributed by atoms with van der Waals surface area (Å²) in [5.74, 6) is 0. The Balaban J connectivity index is 2.36.